The number of nitrogens with zero attached hydrogens (tertiary/aromatic N) is 6. The molecular weight excluding hydrogens is 284 g/mol. The van der Waals surface area contributed by atoms with Gasteiger partial charge in [-0.2, -0.15) is 4.52 Å². The number of aromatic nitrogens is 5. The number of para-hydroxylation sites is 1. The first-order valence-electron chi connectivity index (χ1n) is 6.37. The van der Waals surface area contributed by atoms with Crippen molar-refractivity contribution in [1.82, 2.24) is 25.0 Å². The Balaban J connectivity index is 1.90. The predicted molar refractivity (Wildman–Crippen MR) is 82.4 cm³/mol. The molecule has 0 aliphatic carbocycles. The van der Waals surface area contributed by atoms with Crippen LogP contribution in [0, 0.1) is 6.92 Å². The average Bonchev–Trinajstić information content (AvgIpc) is 3.14. The molecule has 7 heteroatoms. The van der Waals surface area contributed by atoms with E-state index in [2.05, 4.69) is 25.5 Å². The number of benzene rings is 1. The molecule has 0 atom stereocenters. The molecule has 0 unspecified atom stereocenters. The number of thiazole rings is 1. The van der Waals surface area contributed by atoms with Gasteiger partial charge in [-0.1, -0.05) is 18.2 Å². The lowest BCUT2D eigenvalue weighted by molar-refractivity contribution is 0.841. The highest BCUT2D eigenvalue weighted by Gasteiger charge is 2.08. The lowest BCUT2D eigenvalue weighted by Gasteiger charge is -2.01. The third kappa shape index (κ3) is 2.07. The number of fused-ring (bicyclic) bond motifs is 3. The summed E-state index contributed by atoms with van der Waals surface area (Å²) < 4.78 is 1.73. The van der Waals surface area contributed by atoms with E-state index in [9.17, 15) is 0 Å². The number of pyridine rings is 1. The van der Waals surface area contributed by atoms with Crippen LogP contribution in [0.2, 0.25) is 0 Å². The molecule has 0 fully saturated rings. The van der Waals surface area contributed by atoms with E-state index in [0.29, 0.717) is 5.65 Å². The van der Waals surface area contributed by atoms with Gasteiger partial charge in [0.2, 0.25) is 5.13 Å². The fourth-order valence-electron chi connectivity index (χ4n) is 2.19. The van der Waals surface area contributed by atoms with Crippen molar-refractivity contribution >= 4 is 39.2 Å². The summed E-state index contributed by atoms with van der Waals surface area (Å²) in [5, 5.41) is 13.7. The second-order valence-corrected chi connectivity index (χ2v) is 5.80. The second kappa shape index (κ2) is 4.71. The summed E-state index contributed by atoms with van der Waals surface area (Å²) in [6.45, 7) is 2.01. The molecule has 4 aromatic rings. The normalized spacial score (nSPS) is 11.9. The molecule has 1 aromatic carbocycles. The minimum atomic E-state index is 0.686. The fourth-order valence-corrected chi connectivity index (χ4v) is 2.79. The van der Waals surface area contributed by atoms with Crippen molar-refractivity contribution in [2.24, 2.45) is 4.99 Å². The summed E-state index contributed by atoms with van der Waals surface area (Å²) >= 11 is 1.55. The van der Waals surface area contributed by atoms with Crippen molar-refractivity contribution in [3.63, 3.8) is 0 Å². The number of aliphatic imine (C=N–C) groups is 1. The monoisotopic (exact) mass is 294 g/mol. The Hall–Kier alpha value is -2.67. The van der Waals surface area contributed by atoms with E-state index < -0.39 is 0 Å². The maximum absolute atomic E-state index is 4.41. The van der Waals surface area contributed by atoms with Crippen molar-refractivity contribution < 1.29 is 0 Å². The Morgan fingerprint density at radius 3 is 3.05 bits per heavy atom. The zero-order valence-corrected chi connectivity index (χ0v) is 11.9. The van der Waals surface area contributed by atoms with Gasteiger partial charge >= 0.3 is 0 Å². The van der Waals surface area contributed by atoms with Gasteiger partial charge in [-0.3, -0.25) is 0 Å². The molecule has 0 N–H and O–H groups in total. The van der Waals surface area contributed by atoms with Crippen LogP contribution in [0.15, 0.2) is 41.5 Å². The quantitative estimate of drug-likeness (QED) is 0.533. The minimum absolute atomic E-state index is 0.686. The Kier molecular flexibility index (Phi) is 2.71. The number of rotatable bonds is 2. The van der Waals surface area contributed by atoms with Crippen LogP contribution in [0.25, 0.3) is 16.6 Å². The van der Waals surface area contributed by atoms with Gasteiger partial charge in [-0.05, 0) is 29.5 Å². The fraction of sp³-hybridized carbons (Fsp3) is 0.0714. The highest BCUT2D eigenvalue weighted by molar-refractivity contribution is 7.15. The van der Waals surface area contributed by atoms with E-state index in [-0.39, 0.29) is 0 Å². The van der Waals surface area contributed by atoms with E-state index >= 15 is 0 Å². The Morgan fingerprint density at radius 1 is 1.29 bits per heavy atom. The lowest BCUT2D eigenvalue weighted by Crippen LogP contribution is -1.95. The van der Waals surface area contributed by atoms with Gasteiger partial charge < -0.3 is 0 Å². The number of tetrazole rings is 1. The van der Waals surface area contributed by atoms with Crippen LogP contribution in [0.1, 0.15) is 10.4 Å². The summed E-state index contributed by atoms with van der Waals surface area (Å²) in [5.74, 6) is 0. The molecule has 0 amide bonds. The van der Waals surface area contributed by atoms with Crippen LogP contribution in [0.4, 0.5) is 5.13 Å². The van der Waals surface area contributed by atoms with Gasteiger partial charge in [0, 0.05) is 28.2 Å². The topological polar surface area (TPSA) is 68.3 Å². The predicted octanol–water partition coefficient (Wildman–Crippen LogP) is 2.79. The molecule has 3 heterocycles. The smallest absolute Gasteiger partial charge is 0.209 e. The first kappa shape index (κ1) is 12.1. The van der Waals surface area contributed by atoms with Crippen molar-refractivity contribution in [3.8, 4) is 0 Å². The molecule has 3 aromatic heterocycles. The standard InChI is InChI=1S/C14H10N6S/c1-9-7-15-14(21-9)16-8-11-6-10-4-2-3-5-12(10)20-13(11)17-18-19-20/h2-8H,1H3/b16-8-. The number of aryl methyl sites for hydroxylation is 1. The molecule has 0 aliphatic heterocycles. The first-order chi connectivity index (χ1) is 10.3. The third-order valence-corrected chi connectivity index (χ3v) is 3.95. The maximum Gasteiger partial charge on any atom is 0.209 e. The van der Waals surface area contributed by atoms with Gasteiger partial charge in [-0.15, -0.1) is 16.4 Å². The second-order valence-electron chi connectivity index (χ2n) is 4.58. The van der Waals surface area contributed by atoms with Gasteiger partial charge in [0.25, 0.3) is 0 Å². The summed E-state index contributed by atoms with van der Waals surface area (Å²) in [7, 11) is 0. The summed E-state index contributed by atoms with van der Waals surface area (Å²) in [5.41, 5.74) is 2.53. The molecule has 0 spiro atoms. The van der Waals surface area contributed by atoms with Crippen LogP contribution in [-0.2, 0) is 0 Å². The highest BCUT2D eigenvalue weighted by atomic mass is 32.1. The van der Waals surface area contributed by atoms with Crippen LogP contribution in [0.3, 0.4) is 0 Å². The lowest BCUT2D eigenvalue weighted by atomic mass is 10.1. The summed E-state index contributed by atoms with van der Waals surface area (Å²) in [4.78, 5) is 9.76. The van der Waals surface area contributed by atoms with E-state index in [4.69, 9.17) is 0 Å². The van der Waals surface area contributed by atoms with E-state index in [1.54, 1.807) is 22.1 Å². The number of hydrogen-bond acceptors (Lipinski definition) is 6. The Morgan fingerprint density at radius 2 is 2.19 bits per heavy atom. The van der Waals surface area contributed by atoms with Crippen LogP contribution >= 0.6 is 11.3 Å². The van der Waals surface area contributed by atoms with E-state index in [1.165, 1.54) is 0 Å². The van der Waals surface area contributed by atoms with E-state index in [1.807, 2.05) is 43.5 Å². The van der Waals surface area contributed by atoms with Crippen molar-refractivity contribution in [1.29, 1.82) is 0 Å². The Bertz CT molecular complexity index is 968. The molecule has 21 heavy (non-hydrogen) atoms. The first-order valence-corrected chi connectivity index (χ1v) is 7.19. The molecule has 0 aliphatic rings. The molecule has 0 radical (unpaired) electrons. The maximum atomic E-state index is 4.41. The van der Waals surface area contributed by atoms with Gasteiger partial charge in [0.15, 0.2) is 5.65 Å². The molecule has 4 rings (SSSR count). The highest BCUT2D eigenvalue weighted by Crippen LogP contribution is 2.21. The zero-order valence-electron chi connectivity index (χ0n) is 11.1. The van der Waals surface area contributed by atoms with Crippen molar-refractivity contribution in [3.05, 3.63) is 47.0 Å². The van der Waals surface area contributed by atoms with Gasteiger partial charge in [0.1, 0.15) is 0 Å². The largest absolute Gasteiger partial charge is 0.227 e. The average molecular weight is 294 g/mol. The van der Waals surface area contributed by atoms with Gasteiger partial charge in [0.05, 0.1) is 5.52 Å². The number of hydrogen-bond donors (Lipinski definition) is 0. The Labute approximate surface area is 123 Å². The van der Waals surface area contributed by atoms with Crippen LogP contribution in [-0.4, -0.2) is 31.2 Å². The van der Waals surface area contributed by atoms with Crippen LogP contribution in [0.5, 0.6) is 0 Å². The van der Waals surface area contributed by atoms with Gasteiger partial charge in [-0.25, -0.2) is 9.98 Å². The zero-order chi connectivity index (χ0) is 14.2. The van der Waals surface area contributed by atoms with Crippen molar-refractivity contribution in [2.75, 3.05) is 0 Å². The van der Waals surface area contributed by atoms with Crippen molar-refractivity contribution in [2.45, 2.75) is 6.92 Å². The third-order valence-electron chi connectivity index (χ3n) is 3.13. The molecule has 6 nitrogen and oxygen atoms in total. The van der Waals surface area contributed by atoms with E-state index in [0.717, 1.165) is 26.5 Å². The molecule has 0 saturated heterocycles. The molecule has 0 saturated carbocycles. The summed E-state index contributed by atoms with van der Waals surface area (Å²) in [6, 6.07) is 10.0. The summed E-state index contributed by atoms with van der Waals surface area (Å²) in [6.07, 6.45) is 3.57. The molecule has 0 bridgehead atoms. The molecular formula is C14H10N6S. The van der Waals surface area contributed by atoms with Crippen LogP contribution < -0.4 is 0 Å². The SMILES string of the molecule is Cc1cnc(/N=C\c2cc3ccccc3n3nnnc23)s1. The molecule has 102 valence electrons. The minimum Gasteiger partial charge on any atom is -0.227 e.